The molecule has 2 heterocycles. The second-order valence-corrected chi connectivity index (χ2v) is 6.37. The molecule has 1 aliphatic rings. The topological polar surface area (TPSA) is 50.2 Å². The van der Waals surface area contributed by atoms with E-state index in [0.29, 0.717) is 11.6 Å². The van der Waals surface area contributed by atoms with Crippen LogP contribution in [-0.2, 0) is 13.6 Å². The van der Waals surface area contributed by atoms with Gasteiger partial charge in [0.1, 0.15) is 0 Å². The first-order valence-corrected chi connectivity index (χ1v) is 8.25. The van der Waals surface area contributed by atoms with Gasteiger partial charge in [0.15, 0.2) is 0 Å². The van der Waals surface area contributed by atoms with Crippen LogP contribution in [0.4, 0.5) is 5.69 Å². The number of amides is 1. The number of anilines is 1. The molecule has 5 heteroatoms. The van der Waals surface area contributed by atoms with E-state index in [1.165, 1.54) is 31.4 Å². The second kappa shape index (κ2) is 6.96. The molecule has 23 heavy (non-hydrogen) atoms. The van der Waals surface area contributed by atoms with Crippen molar-refractivity contribution in [3.8, 4) is 0 Å². The van der Waals surface area contributed by atoms with E-state index in [1.807, 2.05) is 12.1 Å². The predicted molar refractivity (Wildman–Crippen MR) is 91.3 cm³/mol. The van der Waals surface area contributed by atoms with E-state index in [9.17, 15) is 4.79 Å². The van der Waals surface area contributed by atoms with Crippen molar-refractivity contribution in [2.45, 2.75) is 38.8 Å². The molecule has 1 fully saturated rings. The van der Waals surface area contributed by atoms with Gasteiger partial charge in [0.25, 0.3) is 5.91 Å². The summed E-state index contributed by atoms with van der Waals surface area (Å²) < 4.78 is 1.62. The van der Waals surface area contributed by atoms with Gasteiger partial charge in [-0.1, -0.05) is 18.6 Å². The van der Waals surface area contributed by atoms with Gasteiger partial charge >= 0.3 is 0 Å². The van der Waals surface area contributed by atoms with Gasteiger partial charge in [-0.05, 0) is 44.0 Å². The highest BCUT2D eigenvalue weighted by Gasteiger charge is 2.18. The van der Waals surface area contributed by atoms with Crippen LogP contribution in [0.15, 0.2) is 36.7 Å². The number of carbonyl (C=O) groups is 1. The molecule has 0 spiro atoms. The molecule has 0 bridgehead atoms. The SMILES string of the molecule is C[C@@H]1CCCCN1Cc1ccc(NC(=O)c2cnn(C)c2)cc1. The van der Waals surface area contributed by atoms with E-state index in [0.717, 1.165) is 12.2 Å². The first-order chi connectivity index (χ1) is 11.1. The number of hydrogen-bond acceptors (Lipinski definition) is 3. The van der Waals surface area contributed by atoms with Gasteiger partial charge in [-0.15, -0.1) is 0 Å². The molecule has 5 nitrogen and oxygen atoms in total. The maximum Gasteiger partial charge on any atom is 0.258 e. The highest BCUT2D eigenvalue weighted by Crippen LogP contribution is 2.20. The normalized spacial score (nSPS) is 18.8. The Labute approximate surface area is 137 Å². The summed E-state index contributed by atoms with van der Waals surface area (Å²) in [6.45, 7) is 4.47. The van der Waals surface area contributed by atoms with E-state index < -0.39 is 0 Å². The number of aryl methyl sites for hydroxylation is 1. The number of carbonyl (C=O) groups excluding carboxylic acids is 1. The third kappa shape index (κ3) is 3.99. The van der Waals surface area contributed by atoms with Crippen molar-refractivity contribution < 1.29 is 4.79 Å². The fourth-order valence-electron chi connectivity index (χ4n) is 3.06. The largest absolute Gasteiger partial charge is 0.322 e. The fourth-order valence-corrected chi connectivity index (χ4v) is 3.06. The lowest BCUT2D eigenvalue weighted by atomic mass is 10.0. The molecular weight excluding hydrogens is 288 g/mol. The van der Waals surface area contributed by atoms with Crippen LogP contribution in [0.2, 0.25) is 0 Å². The molecule has 0 radical (unpaired) electrons. The summed E-state index contributed by atoms with van der Waals surface area (Å²) in [6.07, 6.45) is 7.21. The molecule has 2 aromatic rings. The Balaban J connectivity index is 1.59. The standard InChI is InChI=1S/C18H24N4O/c1-14-5-3-4-10-22(14)12-15-6-8-17(9-7-15)20-18(23)16-11-19-21(2)13-16/h6-9,11,13-14H,3-5,10,12H2,1-2H3,(H,20,23)/t14-/m1/s1. The molecule has 3 rings (SSSR count). The van der Waals surface area contributed by atoms with E-state index in [2.05, 4.69) is 34.4 Å². The first kappa shape index (κ1) is 15.7. The third-order valence-corrected chi connectivity index (χ3v) is 4.51. The Bertz CT molecular complexity index is 662. The zero-order valence-electron chi connectivity index (χ0n) is 13.8. The third-order valence-electron chi connectivity index (χ3n) is 4.51. The van der Waals surface area contributed by atoms with Crippen LogP contribution in [-0.4, -0.2) is 33.2 Å². The summed E-state index contributed by atoms with van der Waals surface area (Å²) >= 11 is 0. The Morgan fingerprint density at radius 1 is 1.30 bits per heavy atom. The van der Waals surface area contributed by atoms with E-state index in [-0.39, 0.29) is 5.91 Å². The smallest absolute Gasteiger partial charge is 0.258 e. The quantitative estimate of drug-likeness (QED) is 0.944. The molecule has 1 atom stereocenters. The average molecular weight is 312 g/mol. The van der Waals surface area contributed by atoms with Gasteiger partial charge in [-0.3, -0.25) is 14.4 Å². The molecule has 1 aromatic heterocycles. The molecular formula is C18H24N4O. The van der Waals surface area contributed by atoms with Crippen LogP contribution in [0.25, 0.3) is 0 Å². The van der Waals surface area contributed by atoms with Crippen molar-refractivity contribution >= 4 is 11.6 Å². The predicted octanol–water partition coefficient (Wildman–Crippen LogP) is 3.05. The zero-order chi connectivity index (χ0) is 16.2. The van der Waals surface area contributed by atoms with Gasteiger partial charge in [-0.25, -0.2) is 0 Å². The maximum atomic E-state index is 12.1. The lowest BCUT2D eigenvalue weighted by molar-refractivity contribution is 0.102. The summed E-state index contributed by atoms with van der Waals surface area (Å²) in [6, 6.07) is 8.80. The Hall–Kier alpha value is -2.14. The van der Waals surface area contributed by atoms with Crippen molar-refractivity contribution in [2.75, 3.05) is 11.9 Å². The summed E-state index contributed by atoms with van der Waals surface area (Å²) in [7, 11) is 1.80. The number of aromatic nitrogens is 2. The first-order valence-electron chi connectivity index (χ1n) is 8.25. The molecule has 0 saturated carbocycles. The van der Waals surface area contributed by atoms with Gasteiger partial charge in [0.05, 0.1) is 11.8 Å². The van der Waals surface area contributed by atoms with Crippen LogP contribution in [0.1, 0.15) is 42.1 Å². The minimum Gasteiger partial charge on any atom is -0.322 e. The summed E-state index contributed by atoms with van der Waals surface area (Å²) in [5, 5.41) is 6.92. The van der Waals surface area contributed by atoms with E-state index >= 15 is 0 Å². The van der Waals surface area contributed by atoms with Crippen molar-refractivity contribution in [1.82, 2.24) is 14.7 Å². The number of nitrogens with one attached hydrogen (secondary N) is 1. The van der Waals surface area contributed by atoms with Gasteiger partial charge in [0, 0.05) is 31.5 Å². The number of piperidine rings is 1. The molecule has 0 aliphatic carbocycles. The molecule has 1 N–H and O–H groups in total. The van der Waals surface area contributed by atoms with Gasteiger partial charge in [0.2, 0.25) is 0 Å². The van der Waals surface area contributed by atoms with Crippen LogP contribution in [0, 0.1) is 0 Å². The highest BCUT2D eigenvalue weighted by atomic mass is 16.1. The minimum atomic E-state index is -0.129. The molecule has 1 aliphatic heterocycles. The Kier molecular flexibility index (Phi) is 4.76. The monoisotopic (exact) mass is 312 g/mol. The van der Waals surface area contributed by atoms with Gasteiger partial charge < -0.3 is 5.32 Å². The Morgan fingerprint density at radius 3 is 2.74 bits per heavy atom. The van der Waals surface area contributed by atoms with Crippen LogP contribution in [0.5, 0.6) is 0 Å². The van der Waals surface area contributed by atoms with Crippen molar-refractivity contribution in [3.63, 3.8) is 0 Å². The van der Waals surface area contributed by atoms with Crippen LogP contribution < -0.4 is 5.32 Å². The summed E-state index contributed by atoms with van der Waals surface area (Å²) in [5.74, 6) is -0.129. The lowest BCUT2D eigenvalue weighted by Gasteiger charge is -2.33. The Morgan fingerprint density at radius 2 is 2.09 bits per heavy atom. The number of nitrogens with zero attached hydrogens (tertiary/aromatic N) is 3. The summed E-state index contributed by atoms with van der Waals surface area (Å²) in [5.41, 5.74) is 2.67. The minimum absolute atomic E-state index is 0.129. The van der Waals surface area contributed by atoms with E-state index in [1.54, 1.807) is 24.1 Å². The fraction of sp³-hybridized carbons (Fsp3) is 0.444. The zero-order valence-corrected chi connectivity index (χ0v) is 13.8. The number of hydrogen-bond donors (Lipinski definition) is 1. The van der Waals surface area contributed by atoms with Crippen LogP contribution in [0.3, 0.4) is 0 Å². The maximum absolute atomic E-state index is 12.1. The lowest BCUT2D eigenvalue weighted by Crippen LogP contribution is -2.36. The number of rotatable bonds is 4. The number of likely N-dealkylation sites (tertiary alicyclic amines) is 1. The highest BCUT2D eigenvalue weighted by molar-refractivity contribution is 6.03. The van der Waals surface area contributed by atoms with Crippen molar-refractivity contribution in [3.05, 3.63) is 47.8 Å². The van der Waals surface area contributed by atoms with Crippen molar-refractivity contribution in [1.29, 1.82) is 0 Å². The van der Waals surface area contributed by atoms with Gasteiger partial charge in [-0.2, -0.15) is 5.10 Å². The molecule has 1 saturated heterocycles. The second-order valence-electron chi connectivity index (χ2n) is 6.37. The molecule has 1 amide bonds. The molecule has 1 aromatic carbocycles. The van der Waals surface area contributed by atoms with Crippen molar-refractivity contribution in [2.24, 2.45) is 7.05 Å². The molecule has 122 valence electrons. The summed E-state index contributed by atoms with van der Waals surface area (Å²) in [4.78, 5) is 14.6. The van der Waals surface area contributed by atoms with E-state index in [4.69, 9.17) is 0 Å². The number of benzene rings is 1. The molecule has 0 unspecified atom stereocenters. The van der Waals surface area contributed by atoms with Crippen LogP contribution >= 0.6 is 0 Å². The average Bonchev–Trinajstić information content (AvgIpc) is 2.98.